The molecule has 1 saturated heterocycles. The third kappa shape index (κ3) is 10.5. The van der Waals surface area contributed by atoms with Crippen molar-refractivity contribution in [2.45, 2.75) is 84.5 Å². The van der Waals surface area contributed by atoms with Crippen LogP contribution >= 0.6 is 24.1 Å². The SMILES string of the molecule is CNC(=O)C1=NN(C2CC(SOOO)CCC2S(=O)(=O)O)C(=O)\C1=C/C=C(/C=C/c1c(C(=O)NC)[nH]n(C2CC(SOOO)CCC2S(=O)(=O)O)c1=O)N1CCCC1=O. The highest BCUT2D eigenvalue weighted by molar-refractivity contribution is 7.95. The van der Waals surface area contributed by atoms with Crippen molar-refractivity contribution in [2.24, 2.45) is 5.10 Å². The van der Waals surface area contributed by atoms with Crippen molar-refractivity contribution in [3.05, 3.63) is 51.1 Å². The molecule has 4 aliphatic rings. The quantitative estimate of drug-likeness (QED) is 0.0298. The monoisotopic (exact) mass is 911 g/mol. The van der Waals surface area contributed by atoms with Gasteiger partial charge in [-0.15, -0.1) is 8.67 Å². The number of hydrogen-bond acceptors (Lipinski definition) is 18. The number of H-pyrrole nitrogens is 1. The van der Waals surface area contributed by atoms with Gasteiger partial charge in [-0.25, -0.2) is 20.2 Å². The molecule has 4 amide bonds. The second-order valence-corrected chi connectivity index (χ2v) is 18.8. The lowest BCUT2D eigenvalue weighted by Crippen LogP contribution is -2.50. The van der Waals surface area contributed by atoms with Crippen LogP contribution in [0.15, 0.2) is 39.4 Å². The molecule has 0 aromatic carbocycles. The predicted octanol–water partition coefficient (Wildman–Crippen LogP) is 0.592. The zero-order valence-corrected chi connectivity index (χ0v) is 34.4. The summed E-state index contributed by atoms with van der Waals surface area (Å²) in [7, 11) is -6.95. The number of carbonyl (C=O) groups excluding carboxylic acids is 4. The largest absolute Gasteiger partial charge is 0.354 e. The van der Waals surface area contributed by atoms with Gasteiger partial charge < -0.3 is 15.5 Å². The van der Waals surface area contributed by atoms with E-state index in [2.05, 4.69) is 39.6 Å². The third-order valence-electron chi connectivity index (χ3n) is 10.2. The van der Waals surface area contributed by atoms with Crippen molar-refractivity contribution in [3.8, 4) is 0 Å². The molecule has 5 rings (SSSR count). The molecule has 59 heavy (non-hydrogen) atoms. The molecule has 2 aliphatic heterocycles. The lowest BCUT2D eigenvalue weighted by molar-refractivity contribution is -0.432. The number of nitrogens with zero attached hydrogens (tertiary/aromatic N) is 4. The van der Waals surface area contributed by atoms with Gasteiger partial charge in [0, 0.05) is 67.3 Å². The second-order valence-electron chi connectivity index (χ2n) is 13.6. The minimum atomic E-state index is -4.76. The van der Waals surface area contributed by atoms with Crippen molar-refractivity contribution in [1.29, 1.82) is 0 Å². The molecule has 2 saturated carbocycles. The zero-order valence-electron chi connectivity index (χ0n) is 31.2. The predicted molar refractivity (Wildman–Crippen MR) is 206 cm³/mol. The van der Waals surface area contributed by atoms with Crippen LogP contribution in [-0.4, -0.2) is 133 Å². The van der Waals surface area contributed by atoms with E-state index in [1.165, 1.54) is 37.2 Å². The van der Waals surface area contributed by atoms with Gasteiger partial charge in [-0.05, 0) is 69.2 Å². The molecule has 6 atom stereocenters. The zero-order chi connectivity index (χ0) is 43.2. The van der Waals surface area contributed by atoms with Crippen molar-refractivity contribution in [2.75, 3.05) is 20.6 Å². The van der Waals surface area contributed by atoms with Crippen molar-refractivity contribution in [1.82, 2.24) is 30.3 Å². The van der Waals surface area contributed by atoms with Gasteiger partial charge in [0.1, 0.15) is 16.2 Å². The van der Waals surface area contributed by atoms with Crippen LogP contribution in [0.1, 0.15) is 73.5 Å². The van der Waals surface area contributed by atoms with Crippen LogP contribution in [0.3, 0.4) is 0 Å². The first kappa shape index (κ1) is 46.1. The lowest BCUT2D eigenvalue weighted by Gasteiger charge is -2.36. The molecular formula is C31H41N7O17S4. The maximum Gasteiger partial charge on any atom is 0.276 e. The van der Waals surface area contributed by atoms with E-state index in [1.807, 2.05) is 0 Å². The van der Waals surface area contributed by atoms with Gasteiger partial charge >= 0.3 is 0 Å². The Bertz CT molecular complexity index is 2200. The van der Waals surface area contributed by atoms with Gasteiger partial charge in [0.15, 0.2) is 5.71 Å². The maximum atomic E-state index is 14.0. The summed E-state index contributed by atoms with van der Waals surface area (Å²) in [4.78, 5) is 68.5. The van der Waals surface area contributed by atoms with Crippen molar-refractivity contribution >= 4 is 79.7 Å². The summed E-state index contributed by atoms with van der Waals surface area (Å²) in [5.41, 5.74) is -2.21. The third-order valence-corrected chi connectivity index (χ3v) is 14.5. The first-order valence-electron chi connectivity index (χ1n) is 17.8. The normalized spacial score (nSPS) is 26.6. The van der Waals surface area contributed by atoms with E-state index >= 15 is 0 Å². The Labute approximate surface area is 344 Å². The summed E-state index contributed by atoms with van der Waals surface area (Å²) in [6.07, 6.45) is 5.26. The highest BCUT2D eigenvalue weighted by Gasteiger charge is 2.48. The molecule has 28 heteroatoms. The molecule has 7 N–H and O–H groups in total. The summed E-state index contributed by atoms with van der Waals surface area (Å²) in [5, 5.41) is 32.7. The van der Waals surface area contributed by atoms with Gasteiger partial charge in [0.2, 0.25) is 5.91 Å². The number of rotatable bonds is 16. The molecule has 24 nitrogen and oxygen atoms in total. The summed E-state index contributed by atoms with van der Waals surface area (Å²) in [6, 6.07) is -2.57. The second kappa shape index (κ2) is 19.6. The highest BCUT2D eigenvalue weighted by atomic mass is 32.2. The van der Waals surface area contributed by atoms with Gasteiger partial charge in [0.05, 0.1) is 23.2 Å². The summed E-state index contributed by atoms with van der Waals surface area (Å²) in [5.74, 6) is -2.94. The average Bonchev–Trinajstić information content (AvgIpc) is 3.88. The summed E-state index contributed by atoms with van der Waals surface area (Å²) >= 11 is 1.30. The van der Waals surface area contributed by atoms with Crippen LogP contribution in [0.2, 0.25) is 0 Å². The number of hydrogen-bond donors (Lipinski definition) is 7. The van der Waals surface area contributed by atoms with Gasteiger partial charge in [-0.1, -0.05) is 10.1 Å². The molecule has 2 aliphatic carbocycles. The van der Waals surface area contributed by atoms with Gasteiger partial charge in [-0.2, -0.15) is 21.9 Å². The van der Waals surface area contributed by atoms with E-state index in [1.54, 1.807) is 0 Å². The minimum absolute atomic E-state index is 0.0645. The lowest BCUT2D eigenvalue weighted by atomic mass is 9.93. The van der Waals surface area contributed by atoms with Crippen LogP contribution in [0.4, 0.5) is 0 Å². The maximum absolute atomic E-state index is 14.0. The van der Waals surface area contributed by atoms with E-state index in [0.29, 0.717) is 30.5 Å². The first-order chi connectivity index (χ1) is 27.9. The van der Waals surface area contributed by atoms with Gasteiger partial charge in [0.25, 0.3) is 43.5 Å². The fourth-order valence-electron chi connectivity index (χ4n) is 7.45. The van der Waals surface area contributed by atoms with Crippen LogP contribution in [0.5, 0.6) is 0 Å². The fraction of sp³-hybridized carbons (Fsp3) is 0.548. The van der Waals surface area contributed by atoms with E-state index in [-0.39, 0.29) is 79.9 Å². The number of aromatic nitrogens is 2. The minimum Gasteiger partial charge on any atom is -0.354 e. The Morgan fingerprint density at radius 1 is 0.881 bits per heavy atom. The van der Waals surface area contributed by atoms with E-state index < -0.39 is 82.3 Å². The molecule has 0 radical (unpaired) electrons. The number of likely N-dealkylation sites (tertiary alicyclic amines) is 1. The van der Waals surface area contributed by atoms with E-state index in [9.17, 15) is 49.9 Å². The van der Waals surface area contributed by atoms with Gasteiger partial charge in [-0.3, -0.25) is 38.2 Å². The molecule has 1 aromatic rings. The summed E-state index contributed by atoms with van der Waals surface area (Å²) in [6.45, 7) is 0.182. The standard InChI is InChI=1S/C31H41N7O17S4/c1-32-28(40)26-19(30(42)37(34-26)21-14-17(56-54-52-44)7-11-23(21)58(46,47)48)9-5-16(36-13-3-4-25(36)39)6-10-20-27(29(41)33-2)35-38(31(20)43)22-15-18(57-55-53-45)8-12-24(22)59(49,50)51/h5-6,9-10,17-18,21-24,34,44-45H,3-4,7-8,11-15H2,1-2H3,(H,32,40)(H,33,41)(H,46,47,48)(H,49,50,51)/b9-5+,16-6-,20-10-. The Kier molecular flexibility index (Phi) is 15.3. The summed E-state index contributed by atoms with van der Waals surface area (Å²) < 4.78 is 79.8. The van der Waals surface area contributed by atoms with Crippen LogP contribution in [-0.2, 0) is 53.4 Å². The molecule has 0 spiro atoms. The molecule has 326 valence electrons. The van der Waals surface area contributed by atoms with Crippen molar-refractivity contribution < 1.29 is 74.4 Å². The smallest absolute Gasteiger partial charge is 0.276 e. The Balaban J connectivity index is 1.58. The number of aromatic amines is 1. The van der Waals surface area contributed by atoms with E-state index in [0.717, 1.165) is 15.8 Å². The highest BCUT2D eigenvalue weighted by Crippen LogP contribution is 2.39. The molecule has 0 bridgehead atoms. The Morgan fingerprint density at radius 2 is 1.46 bits per heavy atom. The molecule has 3 fully saturated rings. The number of hydrazone groups is 1. The fourth-order valence-corrected chi connectivity index (χ4v) is 10.9. The molecular weight excluding hydrogens is 871 g/mol. The van der Waals surface area contributed by atoms with Crippen LogP contribution < -0.4 is 16.2 Å². The number of nitrogens with one attached hydrogen (secondary N) is 3. The number of amides is 4. The molecule has 3 heterocycles. The Hall–Kier alpha value is -3.94. The first-order valence-corrected chi connectivity index (χ1v) is 22.4. The average molecular weight is 912 g/mol. The van der Waals surface area contributed by atoms with Crippen LogP contribution in [0.25, 0.3) is 6.08 Å². The van der Waals surface area contributed by atoms with Crippen molar-refractivity contribution in [3.63, 3.8) is 0 Å². The number of allylic oxidation sites excluding steroid dienone is 3. The topological polar surface area (TPSA) is 335 Å². The molecule has 1 aromatic heterocycles. The Morgan fingerprint density at radius 3 is 1.98 bits per heavy atom. The molecule has 6 unspecified atom stereocenters. The van der Waals surface area contributed by atoms with E-state index in [4.69, 9.17) is 10.5 Å². The number of carbonyl (C=O) groups is 4. The van der Waals surface area contributed by atoms with Crippen LogP contribution in [0, 0.1) is 0 Å².